The minimum Gasteiger partial charge on any atom is -1.00 e. The number of ether oxygens (including phenoxy) is 1. The molecule has 196 valence electrons. The smallest absolute Gasteiger partial charge is 1.00 e. The van der Waals surface area contributed by atoms with Gasteiger partial charge in [-0.1, -0.05) is 18.2 Å². The molecule has 6 nitrogen and oxygen atoms in total. The summed E-state index contributed by atoms with van der Waals surface area (Å²) in [7, 11) is -18.0. The minimum atomic E-state index is -6.00. The monoisotopic (exact) mass is 523 g/mol. The first-order valence-electron chi connectivity index (χ1n) is 7.57. The molecule has 0 fully saturated rings. The zero-order valence-electron chi connectivity index (χ0n) is 18.0. The standard InChI is InChI=1S/C8H10O2.C4H4O4.3BF4.Li.H/c1-7(9)10-8-5-3-2-4-6-8;5-3(6)1-2-4(7)8;3*2-1(3,4)5;;/h2-7,9H,1H3;1-2H,(H,5,6)(H,7,8);;;;;/q;;3*-1;+1;-1/b;2-1-;;;;;. The number of hydrogen-bond donors (Lipinski definition) is 3. The van der Waals surface area contributed by atoms with Crippen molar-refractivity contribution in [1.29, 1.82) is 0 Å². The Balaban J connectivity index is -0.0000000768. The van der Waals surface area contributed by atoms with Gasteiger partial charge in [0.1, 0.15) is 5.75 Å². The predicted molar refractivity (Wildman–Crippen MR) is 94.8 cm³/mol. The largest absolute Gasteiger partial charge is 1.00 e. The van der Waals surface area contributed by atoms with Crippen LogP contribution in [0, 0.1) is 0 Å². The Morgan fingerprint density at radius 3 is 1.18 bits per heavy atom. The van der Waals surface area contributed by atoms with Crippen LogP contribution in [0.15, 0.2) is 42.5 Å². The second-order valence-corrected chi connectivity index (χ2v) is 4.52. The molecule has 0 saturated heterocycles. The molecule has 1 unspecified atom stereocenters. The Morgan fingerprint density at radius 1 is 0.765 bits per heavy atom. The molecule has 0 amide bonds. The quantitative estimate of drug-likeness (QED) is 0.242. The molecule has 0 heterocycles. The van der Waals surface area contributed by atoms with Crippen LogP contribution in [-0.4, -0.2) is 55.3 Å². The minimum absolute atomic E-state index is 0. The van der Waals surface area contributed by atoms with Gasteiger partial charge in [-0.2, -0.15) is 0 Å². The number of benzene rings is 1. The van der Waals surface area contributed by atoms with Gasteiger partial charge in [-0.15, -0.1) is 0 Å². The van der Waals surface area contributed by atoms with Crippen LogP contribution in [0.2, 0.25) is 0 Å². The van der Waals surface area contributed by atoms with Crippen molar-refractivity contribution in [3.8, 4) is 5.75 Å². The fourth-order valence-corrected chi connectivity index (χ4v) is 0.839. The van der Waals surface area contributed by atoms with Gasteiger partial charge in [0.05, 0.1) is 0 Å². The van der Waals surface area contributed by atoms with Crippen LogP contribution in [0.3, 0.4) is 0 Å². The van der Waals surface area contributed by atoms with Gasteiger partial charge < -0.3 is 73.3 Å². The van der Waals surface area contributed by atoms with E-state index in [2.05, 4.69) is 0 Å². The Kier molecular flexibility index (Phi) is 26.0. The molecule has 22 heteroatoms. The summed E-state index contributed by atoms with van der Waals surface area (Å²) >= 11 is 0. The van der Waals surface area contributed by atoms with Gasteiger partial charge in [-0.3, -0.25) is 0 Å². The third-order valence-electron chi connectivity index (χ3n) is 1.42. The number of para-hydroxylation sites is 1. The summed E-state index contributed by atoms with van der Waals surface area (Å²) in [5.74, 6) is -1.82. The summed E-state index contributed by atoms with van der Waals surface area (Å²) in [6, 6.07) is 9.21. The number of rotatable bonds is 4. The number of halogens is 12. The summed E-state index contributed by atoms with van der Waals surface area (Å²) in [6.07, 6.45) is 0.382. The normalized spacial score (nSPS) is 11.2. The maximum Gasteiger partial charge on any atom is 1.00 e. The number of carbonyl (C=O) groups is 2. The zero-order chi connectivity index (χ0) is 27.5. The predicted octanol–water partition coefficient (Wildman–Crippen LogP) is 2.13. The molecule has 1 aromatic carbocycles. The fourth-order valence-electron chi connectivity index (χ4n) is 0.839. The summed E-state index contributed by atoms with van der Waals surface area (Å²) in [5.41, 5.74) is 0. The van der Waals surface area contributed by atoms with E-state index in [1.807, 2.05) is 18.2 Å². The van der Waals surface area contributed by atoms with Crippen LogP contribution in [0.4, 0.5) is 51.8 Å². The molecule has 0 saturated carbocycles. The Bertz CT molecular complexity index is 615. The molecule has 0 aliphatic heterocycles. The zero-order valence-corrected chi connectivity index (χ0v) is 17.0. The van der Waals surface area contributed by atoms with Crippen molar-refractivity contribution in [3.63, 3.8) is 0 Å². The SMILES string of the molecule is CC(O)Oc1ccccc1.F[B-](F)(F)F.F[B-](F)(F)F.F[B-](F)(F)F.O=C(O)/C=C\C(=O)O.[H-].[Li+]. The van der Waals surface area contributed by atoms with E-state index in [0.717, 1.165) is 0 Å². The molecule has 34 heavy (non-hydrogen) atoms. The van der Waals surface area contributed by atoms with Crippen LogP contribution < -0.4 is 23.6 Å². The first-order chi connectivity index (χ1) is 14.4. The summed E-state index contributed by atoms with van der Waals surface area (Å²) in [4.78, 5) is 19.1. The van der Waals surface area contributed by atoms with Crippen LogP contribution in [0.25, 0.3) is 0 Å². The van der Waals surface area contributed by atoms with E-state index < -0.39 is 40.0 Å². The second kappa shape index (κ2) is 21.2. The van der Waals surface area contributed by atoms with E-state index in [1.165, 1.54) is 0 Å². The van der Waals surface area contributed by atoms with E-state index in [-0.39, 0.29) is 20.3 Å². The number of aliphatic carboxylic acids is 2. The third kappa shape index (κ3) is 114. The van der Waals surface area contributed by atoms with Crippen molar-refractivity contribution in [3.05, 3.63) is 42.5 Å². The van der Waals surface area contributed by atoms with Gasteiger partial charge in [0.25, 0.3) is 0 Å². The molecule has 1 rings (SSSR count). The molecule has 0 radical (unpaired) electrons. The molecular formula is C12H15B3F12LiO6-3. The van der Waals surface area contributed by atoms with Gasteiger partial charge in [0, 0.05) is 12.2 Å². The third-order valence-corrected chi connectivity index (χ3v) is 1.42. The van der Waals surface area contributed by atoms with Gasteiger partial charge in [-0.05, 0) is 19.1 Å². The van der Waals surface area contributed by atoms with Crippen molar-refractivity contribution in [1.82, 2.24) is 0 Å². The fraction of sp³-hybridized carbons (Fsp3) is 0.167. The van der Waals surface area contributed by atoms with Crippen molar-refractivity contribution in [2.24, 2.45) is 0 Å². The van der Waals surface area contributed by atoms with E-state index in [1.54, 1.807) is 19.1 Å². The molecule has 0 spiro atoms. The van der Waals surface area contributed by atoms with Gasteiger partial charge in [0.15, 0.2) is 6.29 Å². The first-order valence-corrected chi connectivity index (χ1v) is 7.57. The average molecular weight is 523 g/mol. The van der Waals surface area contributed by atoms with Crippen LogP contribution in [-0.2, 0) is 9.59 Å². The molecule has 1 atom stereocenters. The maximum absolute atomic E-state index is 9.75. The Hall–Kier alpha value is -2.39. The summed E-state index contributed by atoms with van der Waals surface area (Å²) < 4.78 is 122. The molecule has 1 aromatic rings. The summed E-state index contributed by atoms with van der Waals surface area (Å²) in [6.45, 7) is 1.58. The van der Waals surface area contributed by atoms with Crippen molar-refractivity contribution in [2.75, 3.05) is 0 Å². The van der Waals surface area contributed by atoms with Gasteiger partial charge in [-0.25, -0.2) is 9.59 Å². The number of carboxylic acids is 2. The number of aliphatic hydroxyl groups excluding tert-OH is 1. The molecular weight excluding hydrogens is 507 g/mol. The molecule has 0 aliphatic carbocycles. The second-order valence-electron chi connectivity index (χ2n) is 4.52. The molecule has 0 aliphatic rings. The maximum atomic E-state index is 9.75. The van der Waals surface area contributed by atoms with E-state index in [9.17, 15) is 61.4 Å². The number of hydrogen-bond acceptors (Lipinski definition) is 4. The molecule has 0 bridgehead atoms. The van der Waals surface area contributed by atoms with Crippen LogP contribution in [0.5, 0.6) is 5.75 Å². The Labute approximate surface area is 197 Å². The van der Waals surface area contributed by atoms with Crippen LogP contribution >= 0.6 is 0 Å². The van der Waals surface area contributed by atoms with Gasteiger partial charge >= 0.3 is 52.6 Å². The number of carboxylic acid groups (broad SMARTS) is 2. The first kappa shape index (κ1) is 41.8. The van der Waals surface area contributed by atoms with Crippen molar-refractivity contribution < 1.29 is 102 Å². The van der Waals surface area contributed by atoms with Crippen molar-refractivity contribution >= 4 is 33.7 Å². The topological polar surface area (TPSA) is 104 Å². The molecule has 3 N–H and O–H groups in total. The average Bonchev–Trinajstić information content (AvgIpc) is 2.49. The summed E-state index contributed by atoms with van der Waals surface area (Å²) in [5, 5.41) is 24.4. The Morgan fingerprint density at radius 2 is 1.00 bits per heavy atom. The van der Waals surface area contributed by atoms with Gasteiger partial charge in [0.2, 0.25) is 0 Å². The van der Waals surface area contributed by atoms with E-state index >= 15 is 0 Å². The van der Waals surface area contributed by atoms with E-state index in [0.29, 0.717) is 17.9 Å². The van der Waals surface area contributed by atoms with E-state index in [4.69, 9.17) is 20.1 Å². The number of aliphatic hydroxyl groups is 1. The van der Waals surface area contributed by atoms with Crippen molar-refractivity contribution in [2.45, 2.75) is 13.2 Å². The molecule has 0 aromatic heterocycles. The van der Waals surface area contributed by atoms with Crippen LogP contribution in [0.1, 0.15) is 8.35 Å².